The molecule has 0 bridgehead atoms. The number of ether oxygens (including phenoxy) is 1. The van der Waals surface area contributed by atoms with E-state index in [-0.39, 0.29) is 13.0 Å². The Morgan fingerprint density at radius 2 is 1.70 bits per heavy atom. The molecule has 4 nitrogen and oxygen atoms in total. The number of hydrogen-bond acceptors (Lipinski definition) is 3. The van der Waals surface area contributed by atoms with E-state index in [1.807, 2.05) is 25.1 Å². The number of anilines is 1. The van der Waals surface area contributed by atoms with Crippen molar-refractivity contribution in [2.75, 3.05) is 11.9 Å². The Hall–Kier alpha value is -2.04. The van der Waals surface area contributed by atoms with E-state index in [4.69, 9.17) is 27.9 Å². The lowest BCUT2D eigenvalue weighted by Crippen LogP contribution is -2.22. The van der Waals surface area contributed by atoms with E-state index in [9.17, 15) is 9.59 Å². The molecule has 6 heteroatoms. The van der Waals surface area contributed by atoms with Gasteiger partial charge in [-0.25, -0.2) is 0 Å². The highest BCUT2D eigenvalue weighted by Gasteiger charge is 2.13. The third-order valence-corrected chi connectivity index (χ3v) is 3.87. The van der Waals surface area contributed by atoms with Gasteiger partial charge in [0.15, 0.2) is 6.61 Å². The van der Waals surface area contributed by atoms with Gasteiger partial charge in [0.1, 0.15) is 0 Å². The van der Waals surface area contributed by atoms with Crippen molar-refractivity contribution >= 4 is 40.8 Å². The Kier molecular flexibility index (Phi) is 6.02. The van der Waals surface area contributed by atoms with Gasteiger partial charge in [0.05, 0.1) is 6.42 Å². The molecule has 0 aliphatic carbocycles. The van der Waals surface area contributed by atoms with Crippen LogP contribution in [0.25, 0.3) is 0 Å². The predicted molar refractivity (Wildman–Crippen MR) is 90.9 cm³/mol. The molecule has 1 amide bonds. The number of carbonyl (C=O) groups excluding carboxylic acids is 2. The second-order valence-electron chi connectivity index (χ2n) is 4.90. The van der Waals surface area contributed by atoms with Crippen LogP contribution < -0.4 is 5.32 Å². The molecule has 0 aromatic heterocycles. The smallest absolute Gasteiger partial charge is 0.310 e. The molecule has 0 atom stereocenters. The highest BCUT2D eigenvalue weighted by atomic mass is 35.5. The molecule has 0 aliphatic heterocycles. The van der Waals surface area contributed by atoms with E-state index in [1.165, 1.54) is 0 Å². The van der Waals surface area contributed by atoms with Crippen LogP contribution >= 0.6 is 23.2 Å². The van der Waals surface area contributed by atoms with Crippen molar-refractivity contribution in [3.8, 4) is 0 Å². The zero-order valence-electron chi connectivity index (χ0n) is 12.4. The number of halogens is 2. The summed E-state index contributed by atoms with van der Waals surface area (Å²) in [6.07, 6.45) is -0.0872. The summed E-state index contributed by atoms with van der Waals surface area (Å²) in [6.45, 7) is 1.51. The SMILES string of the molecule is Cc1ccccc1NC(=O)COC(=O)Cc1c(Cl)cccc1Cl. The van der Waals surface area contributed by atoms with Gasteiger partial charge in [-0.05, 0) is 30.7 Å². The molecule has 0 unspecified atom stereocenters. The largest absolute Gasteiger partial charge is 0.455 e. The van der Waals surface area contributed by atoms with Gasteiger partial charge in [0, 0.05) is 21.3 Å². The van der Waals surface area contributed by atoms with E-state index in [2.05, 4.69) is 5.32 Å². The Balaban J connectivity index is 1.87. The summed E-state index contributed by atoms with van der Waals surface area (Å²) in [6, 6.07) is 12.3. The monoisotopic (exact) mass is 351 g/mol. The molecule has 2 aromatic carbocycles. The summed E-state index contributed by atoms with van der Waals surface area (Å²) < 4.78 is 4.96. The number of nitrogens with one attached hydrogen (secondary N) is 1. The molecule has 0 heterocycles. The van der Waals surface area contributed by atoms with Gasteiger partial charge in [-0.15, -0.1) is 0 Å². The second-order valence-corrected chi connectivity index (χ2v) is 5.72. The fraction of sp³-hybridized carbons (Fsp3) is 0.176. The van der Waals surface area contributed by atoms with Gasteiger partial charge in [-0.2, -0.15) is 0 Å². The number of carbonyl (C=O) groups is 2. The highest BCUT2D eigenvalue weighted by Crippen LogP contribution is 2.24. The number of para-hydroxylation sites is 1. The van der Waals surface area contributed by atoms with E-state index < -0.39 is 11.9 Å². The minimum atomic E-state index is -0.570. The lowest BCUT2D eigenvalue weighted by Gasteiger charge is -2.09. The summed E-state index contributed by atoms with van der Waals surface area (Å²) in [5.41, 5.74) is 2.10. The van der Waals surface area contributed by atoms with Gasteiger partial charge in [0.2, 0.25) is 0 Å². The van der Waals surface area contributed by atoms with E-state index >= 15 is 0 Å². The van der Waals surface area contributed by atoms with Crippen LogP contribution in [-0.4, -0.2) is 18.5 Å². The van der Waals surface area contributed by atoms with Gasteiger partial charge in [-0.1, -0.05) is 47.5 Å². The zero-order valence-corrected chi connectivity index (χ0v) is 13.9. The summed E-state index contributed by atoms with van der Waals surface area (Å²) in [5, 5.41) is 3.46. The minimum absolute atomic E-state index is 0.0872. The molecule has 23 heavy (non-hydrogen) atoms. The molecule has 0 fully saturated rings. The molecular formula is C17H15Cl2NO3. The Morgan fingerprint density at radius 1 is 1.04 bits per heavy atom. The Morgan fingerprint density at radius 3 is 2.35 bits per heavy atom. The van der Waals surface area contributed by atoms with Crippen LogP contribution in [0.4, 0.5) is 5.69 Å². The van der Waals surface area contributed by atoms with Gasteiger partial charge >= 0.3 is 5.97 Å². The average molecular weight is 352 g/mol. The van der Waals surface area contributed by atoms with E-state index in [0.29, 0.717) is 21.3 Å². The fourth-order valence-electron chi connectivity index (χ4n) is 1.94. The normalized spacial score (nSPS) is 10.2. The molecule has 2 aromatic rings. The number of benzene rings is 2. The summed E-state index contributed by atoms with van der Waals surface area (Å²) in [5.74, 6) is -0.974. The highest BCUT2D eigenvalue weighted by molar-refractivity contribution is 6.36. The quantitative estimate of drug-likeness (QED) is 0.827. The topological polar surface area (TPSA) is 55.4 Å². The maximum absolute atomic E-state index is 11.8. The molecule has 0 radical (unpaired) electrons. The summed E-state index contributed by atoms with van der Waals surface area (Å²) in [4.78, 5) is 23.6. The van der Waals surface area contributed by atoms with Gasteiger partial charge in [-0.3, -0.25) is 9.59 Å². The molecular weight excluding hydrogens is 337 g/mol. The first-order chi connectivity index (χ1) is 11.0. The number of hydrogen-bond donors (Lipinski definition) is 1. The lowest BCUT2D eigenvalue weighted by molar-refractivity contribution is -0.146. The maximum atomic E-state index is 11.8. The molecule has 120 valence electrons. The molecule has 0 saturated carbocycles. The van der Waals surface area contributed by atoms with Crippen LogP contribution in [0.1, 0.15) is 11.1 Å². The van der Waals surface area contributed by atoms with Crippen LogP contribution in [0.2, 0.25) is 10.0 Å². The van der Waals surface area contributed by atoms with Crippen LogP contribution in [0.5, 0.6) is 0 Å². The zero-order chi connectivity index (χ0) is 16.8. The first-order valence-corrected chi connectivity index (χ1v) is 7.67. The number of esters is 1. The molecule has 1 N–H and O–H groups in total. The first kappa shape index (κ1) is 17.3. The Labute approximate surface area is 144 Å². The van der Waals surface area contributed by atoms with Crippen molar-refractivity contribution in [1.82, 2.24) is 0 Å². The van der Waals surface area contributed by atoms with Gasteiger partial charge < -0.3 is 10.1 Å². The molecule has 0 spiro atoms. The molecule has 0 saturated heterocycles. The Bertz CT molecular complexity index is 711. The van der Waals surface area contributed by atoms with Crippen molar-refractivity contribution < 1.29 is 14.3 Å². The van der Waals surface area contributed by atoms with Crippen molar-refractivity contribution in [2.24, 2.45) is 0 Å². The maximum Gasteiger partial charge on any atom is 0.310 e. The first-order valence-electron chi connectivity index (χ1n) is 6.91. The third-order valence-electron chi connectivity index (χ3n) is 3.17. The van der Waals surface area contributed by atoms with Crippen LogP contribution in [0, 0.1) is 6.92 Å². The van der Waals surface area contributed by atoms with Crippen LogP contribution in [0.3, 0.4) is 0 Å². The van der Waals surface area contributed by atoms with E-state index in [1.54, 1.807) is 24.3 Å². The van der Waals surface area contributed by atoms with Gasteiger partial charge in [0.25, 0.3) is 5.91 Å². The van der Waals surface area contributed by atoms with Crippen LogP contribution in [-0.2, 0) is 20.7 Å². The summed E-state index contributed by atoms with van der Waals surface area (Å²) in [7, 11) is 0. The minimum Gasteiger partial charge on any atom is -0.455 e. The summed E-state index contributed by atoms with van der Waals surface area (Å²) >= 11 is 12.0. The number of rotatable bonds is 5. The number of amides is 1. The van der Waals surface area contributed by atoms with Crippen molar-refractivity contribution in [2.45, 2.75) is 13.3 Å². The van der Waals surface area contributed by atoms with E-state index in [0.717, 1.165) is 5.56 Å². The lowest BCUT2D eigenvalue weighted by atomic mass is 10.1. The van der Waals surface area contributed by atoms with Crippen molar-refractivity contribution in [1.29, 1.82) is 0 Å². The standard InChI is InChI=1S/C17H15Cl2NO3/c1-11-5-2-3-8-15(11)20-16(21)10-23-17(22)9-12-13(18)6-4-7-14(12)19/h2-8H,9-10H2,1H3,(H,20,21). The predicted octanol–water partition coefficient (Wildman–Crippen LogP) is 4.03. The fourth-order valence-corrected chi connectivity index (χ4v) is 2.47. The third kappa shape index (κ3) is 4.98. The van der Waals surface area contributed by atoms with Crippen molar-refractivity contribution in [3.63, 3.8) is 0 Å². The number of aryl methyl sites for hydroxylation is 1. The van der Waals surface area contributed by atoms with Crippen LogP contribution in [0.15, 0.2) is 42.5 Å². The average Bonchev–Trinajstić information content (AvgIpc) is 2.51. The molecule has 2 rings (SSSR count). The van der Waals surface area contributed by atoms with Crippen molar-refractivity contribution in [3.05, 3.63) is 63.6 Å². The molecule has 0 aliphatic rings. The second kappa shape index (κ2) is 7.99.